The number of imidazole rings is 1. The monoisotopic (exact) mass is 390 g/mol. The molecule has 0 saturated carbocycles. The first-order valence-electron chi connectivity index (χ1n) is 9.71. The van der Waals surface area contributed by atoms with Gasteiger partial charge < -0.3 is 15.4 Å². The molecule has 1 saturated heterocycles. The van der Waals surface area contributed by atoms with E-state index in [-0.39, 0.29) is 12.7 Å². The number of carbonyl (C=O) groups excluding carboxylic acids is 1. The lowest BCUT2D eigenvalue weighted by atomic mass is 9.96. The number of nitrogens with one attached hydrogen (secondary N) is 1. The van der Waals surface area contributed by atoms with E-state index in [4.69, 9.17) is 15.5 Å². The van der Waals surface area contributed by atoms with Crippen LogP contribution in [0.1, 0.15) is 18.4 Å². The summed E-state index contributed by atoms with van der Waals surface area (Å²) >= 11 is 0. The number of nitrogens with two attached hydrogens (primary N) is 1. The summed E-state index contributed by atoms with van der Waals surface area (Å²) in [6, 6.07) is 17.6. The van der Waals surface area contributed by atoms with Gasteiger partial charge in [-0.3, -0.25) is 9.88 Å². The quantitative estimate of drug-likeness (QED) is 0.701. The summed E-state index contributed by atoms with van der Waals surface area (Å²) in [6.45, 7) is 1.35. The molecule has 0 radical (unpaired) electrons. The molecule has 2 aromatic carbocycles. The zero-order valence-electron chi connectivity index (χ0n) is 15.9. The number of carbonyl (C=O) groups is 1. The van der Waals surface area contributed by atoms with Crippen molar-refractivity contribution in [2.45, 2.75) is 25.1 Å². The molecule has 3 N–H and O–H groups in total. The van der Waals surface area contributed by atoms with E-state index in [0.717, 1.165) is 16.6 Å². The maximum atomic E-state index is 12.5. The molecule has 1 fully saturated rings. The number of amides is 1. The Morgan fingerprint density at radius 2 is 1.83 bits per heavy atom. The fraction of sp³-hybridized carbons (Fsp3) is 0.286. The van der Waals surface area contributed by atoms with Gasteiger partial charge >= 0.3 is 6.09 Å². The standard InChI is InChI=1S/C21H22N6O2/c22-18-24-19-23-16-8-4-5-9-17(16)27(19)21(25-18)10-12-26(13-11-21)20(28)29-14-15-6-2-1-3-7-15/h1-9H,10-14H2,(H3,22,23,24,25). The summed E-state index contributed by atoms with van der Waals surface area (Å²) in [7, 11) is 0. The van der Waals surface area contributed by atoms with E-state index in [1.54, 1.807) is 4.90 Å². The number of piperidine rings is 1. The Hall–Kier alpha value is -3.55. The largest absolute Gasteiger partial charge is 0.445 e. The second-order valence-electron chi connectivity index (χ2n) is 7.39. The van der Waals surface area contributed by atoms with Crippen LogP contribution in [0.15, 0.2) is 59.6 Å². The van der Waals surface area contributed by atoms with Crippen molar-refractivity contribution in [1.82, 2.24) is 14.5 Å². The molecular weight excluding hydrogens is 368 g/mol. The molecule has 0 unspecified atom stereocenters. The van der Waals surface area contributed by atoms with Crippen LogP contribution in [-0.2, 0) is 17.0 Å². The molecule has 148 valence electrons. The van der Waals surface area contributed by atoms with Crippen LogP contribution in [0.25, 0.3) is 11.0 Å². The topological polar surface area (TPSA) is 97.8 Å². The minimum atomic E-state index is -0.545. The van der Waals surface area contributed by atoms with Gasteiger partial charge in [0.2, 0.25) is 5.95 Å². The highest BCUT2D eigenvalue weighted by atomic mass is 16.6. The average Bonchev–Trinajstić information content (AvgIpc) is 3.12. The van der Waals surface area contributed by atoms with E-state index in [9.17, 15) is 4.79 Å². The first-order chi connectivity index (χ1) is 14.1. The molecular formula is C21H22N6O2. The zero-order chi connectivity index (χ0) is 19.8. The van der Waals surface area contributed by atoms with Crippen LogP contribution in [0.3, 0.4) is 0 Å². The van der Waals surface area contributed by atoms with Gasteiger partial charge in [-0.25, -0.2) is 14.8 Å². The molecule has 0 bridgehead atoms. The van der Waals surface area contributed by atoms with Crippen molar-refractivity contribution in [3.63, 3.8) is 0 Å². The van der Waals surface area contributed by atoms with Crippen LogP contribution >= 0.6 is 0 Å². The Morgan fingerprint density at radius 1 is 1.10 bits per heavy atom. The second kappa shape index (κ2) is 6.80. The molecule has 29 heavy (non-hydrogen) atoms. The number of nitrogens with zero attached hydrogens (tertiary/aromatic N) is 4. The van der Waals surface area contributed by atoms with Gasteiger partial charge in [0.25, 0.3) is 0 Å². The Labute approximate surface area is 168 Å². The summed E-state index contributed by atoms with van der Waals surface area (Å²) in [5.74, 6) is 1.05. The summed E-state index contributed by atoms with van der Waals surface area (Å²) in [6.07, 6.45) is 0.983. The molecule has 1 aromatic heterocycles. The highest BCUT2D eigenvalue weighted by Gasteiger charge is 2.42. The Bertz CT molecular complexity index is 1080. The number of guanidine groups is 1. The van der Waals surface area contributed by atoms with Crippen LogP contribution in [0.5, 0.6) is 0 Å². The van der Waals surface area contributed by atoms with Crippen LogP contribution in [0.4, 0.5) is 10.7 Å². The maximum Gasteiger partial charge on any atom is 0.410 e. The van der Waals surface area contributed by atoms with E-state index in [2.05, 4.69) is 14.9 Å². The minimum absolute atomic E-state index is 0.270. The van der Waals surface area contributed by atoms with Gasteiger partial charge in [0, 0.05) is 25.9 Å². The number of aliphatic imine (C=N–C) groups is 1. The Morgan fingerprint density at radius 3 is 2.62 bits per heavy atom. The Balaban J connectivity index is 1.34. The number of benzene rings is 2. The number of hydrogen-bond acceptors (Lipinski definition) is 6. The number of likely N-dealkylation sites (tertiary alicyclic amines) is 1. The van der Waals surface area contributed by atoms with Crippen molar-refractivity contribution in [2.75, 3.05) is 18.4 Å². The lowest BCUT2D eigenvalue weighted by molar-refractivity contribution is 0.0671. The maximum absolute atomic E-state index is 12.5. The molecule has 1 spiro atoms. The normalized spacial score (nSPS) is 17.5. The molecule has 8 heteroatoms. The number of para-hydroxylation sites is 2. The van der Waals surface area contributed by atoms with E-state index >= 15 is 0 Å². The van der Waals surface area contributed by atoms with Crippen LogP contribution in [0.2, 0.25) is 0 Å². The molecule has 0 atom stereocenters. The number of ether oxygens (including phenoxy) is 1. The summed E-state index contributed by atoms with van der Waals surface area (Å²) in [5, 5.41) is 3.07. The minimum Gasteiger partial charge on any atom is -0.445 e. The van der Waals surface area contributed by atoms with Gasteiger partial charge in [0.05, 0.1) is 11.0 Å². The second-order valence-corrected chi connectivity index (χ2v) is 7.39. The van der Waals surface area contributed by atoms with Crippen LogP contribution < -0.4 is 11.1 Å². The summed E-state index contributed by atoms with van der Waals surface area (Å²) in [5.41, 5.74) is 8.39. The first kappa shape index (κ1) is 17.5. The third-order valence-corrected chi connectivity index (χ3v) is 5.57. The average molecular weight is 390 g/mol. The predicted molar refractivity (Wildman–Crippen MR) is 110 cm³/mol. The fourth-order valence-corrected chi connectivity index (χ4v) is 4.14. The molecule has 2 aliphatic heterocycles. The summed E-state index contributed by atoms with van der Waals surface area (Å²) in [4.78, 5) is 23.7. The van der Waals surface area contributed by atoms with Crippen molar-refractivity contribution in [3.05, 3.63) is 60.2 Å². The van der Waals surface area contributed by atoms with Crippen molar-refractivity contribution < 1.29 is 9.53 Å². The van der Waals surface area contributed by atoms with Crippen LogP contribution in [-0.4, -0.2) is 39.6 Å². The molecule has 3 aromatic rings. The van der Waals surface area contributed by atoms with Gasteiger partial charge in [-0.05, 0) is 17.7 Å². The third-order valence-electron chi connectivity index (χ3n) is 5.57. The van der Waals surface area contributed by atoms with Crippen molar-refractivity contribution >= 4 is 29.0 Å². The number of aromatic nitrogens is 2. The van der Waals surface area contributed by atoms with Gasteiger partial charge in [-0.2, -0.15) is 0 Å². The lowest BCUT2D eigenvalue weighted by Crippen LogP contribution is -2.50. The summed E-state index contributed by atoms with van der Waals surface area (Å²) < 4.78 is 7.60. The number of rotatable bonds is 2. The highest BCUT2D eigenvalue weighted by Crippen LogP contribution is 2.39. The van der Waals surface area contributed by atoms with Crippen molar-refractivity contribution in [2.24, 2.45) is 10.7 Å². The van der Waals surface area contributed by atoms with E-state index in [1.165, 1.54) is 0 Å². The van der Waals surface area contributed by atoms with Crippen LogP contribution in [0, 0.1) is 0 Å². The van der Waals surface area contributed by atoms with Gasteiger partial charge in [-0.1, -0.05) is 42.5 Å². The fourth-order valence-electron chi connectivity index (χ4n) is 4.14. The number of anilines is 1. The molecule has 5 rings (SSSR count). The Kier molecular flexibility index (Phi) is 4.12. The molecule has 8 nitrogen and oxygen atoms in total. The third kappa shape index (κ3) is 3.06. The highest BCUT2D eigenvalue weighted by molar-refractivity contribution is 5.94. The van der Waals surface area contributed by atoms with E-state index < -0.39 is 5.66 Å². The number of fused-ring (bicyclic) bond motifs is 4. The zero-order valence-corrected chi connectivity index (χ0v) is 15.9. The van der Waals surface area contributed by atoms with Gasteiger partial charge in [-0.15, -0.1) is 0 Å². The lowest BCUT2D eigenvalue weighted by Gasteiger charge is -2.42. The SMILES string of the molecule is NC1=NC2(CCN(C(=O)OCc3ccccc3)CC2)n2c(nc3ccccc32)N1. The molecule has 3 heterocycles. The van der Waals surface area contributed by atoms with Gasteiger partial charge in [0.1, 0.15) is 12.3 Å². The van der Waals surface area contributed by atoms with E-state index in [0.29, 0.717) is 37.8 Å². The molecule has 0 aliphatic carbocycles. The number of hydrogen-bond donors (Lipinski definition) is 2. The molecule has 1 amide bonds. The first-order valence-corrected chi connectivity index (χ1v) is 9.71. The van der Waals surface area contributed by atoms with Crippen molar-refractivity contribution in [3.8, 4) is 0 Å². The smallest absolute Gasteiger partial charge is 0.410 e. The predicted octanol–water partition coefficient (Wildman–Crippen LogP) is 2.86. The van der Waals surface area contributed by atoms with Crippen molar-refractivity contribution in [1.29, 1.82) is 0 Å². The van der Waals surface area contributed by atoms with Gasteiger partial charge in [0.15, 0.2) is 5.96 Å². The molecule has 2 aliphatic rings. The van der Waals surface area contributed by atoms with E-state index in [1.807, 2.05) is 54.6 Å².